The zero-order valence-corrected chi connectivity index (χ0v) is 13.2. The van der Waals surface area contributed by atoms with Crippen LogP contribution in [0.4, 0.5) is 0 Å². The second-order valence-corrected chi connectivity index (χ2v) is 6.52. The van der Waals surface area contributed by atoms with Gasteiger partial charge in [-0.15, -0.1) is 0 Å². The van der Waals surface area contributed by atoms with Crippen molar-refractivity contribution in [2.24, 2.45) is 5.41 Å². The molecule has 1 amide bonds. The average molecular weight is 302 g/mol. The number of nitrogens with zero attached hydrogens (tertiary/aromatic N) is 1. The van der Waals surface area contributed by atoms with Crippen LogP contribution in [-0.2, 0) is 0 Å². The van der Waals surface area contributed by atoms with Gasteiger partial charge in [0.2, 0.25) is 5.89 Å². The third kappa shape index (κ3) is 4.43. The van der Waals surface area contributed by atoms with E-state index in [9.17, 15) is 9.90 Å². The molecule has 0 bridgehead atoms. The first-order valence-electron chi connectivity index (χ1n) is 7.32. The van der Waals surface area contributed by atoms with E-state index in [0.29, 0.717) is 12.3 Å². The van der Waals surface area contributed by atoms with E-state index < -0.39 is 0 Å². The number of hydrogen-bond donors (Lipinski definition) is 2. The number of amides is 1. The van der Waals surface area contributed by atoms with Crippen molar-refractivity contribution in [1.82, 2.24) is 10.3 Å². The number of carbonyl (C=O) groups excluding carboxylic acids is 1. The summed E-state index contributed by atoms with van der Waals surface area (Å²) in [6.45, 7) is 6.08. The van der Waals surface area contributed by atoms with Crippen LogP contribution in [0.5, 0.6) is 0 Å². The van der Waals surface area contributed by atoms with E-state index in [1.54, 1.807) is 0 Å². The molecule has 5 heteroatoms. The molecule has 5 nitrogen and oxygen atoms in total. The Labute approximate surface area is 130 Å². The van der Waals surface area contributed by atoms with Crippen molar-refractivity contribution in [2.45, 2.75) is 33.2 Å². The maximum atomic E-state index is 12.2. The normalized spacial score (nSPS) is 12.9. The molecule has 0 saturated carbocycles. The molecule has 1 unspecified atom stereocenters. The molecule has 1 aromatic heterocycles. The van der Waals surface area contributed by atoms with Crippen LogP contribution in [0.15, 0.2) is 41.0 Å². The Kier molecular flexibility index (Phi) is 4.98. The summed E-state index contributed by atoms with van der Waals surface area (Å²) in [5.74, 6) is 0.0661. The molecule has 0 aliphatic carbocycles. The van der Waals surface area contributed by atoms with Gasteiger partial charge in [-0.1, -0.05) is 39.0 Å². The van der Waals surface area contributed by atoms with Gasteiger partial charge in [-0.3, -0.25) is 4.79 Å². The minimum Gasteiger partial charge on any atom is -0.444 e. The number of hydrogen-bond acceptors (Lipinski definition) is 4. The molecule has 118 valence electrons. The van der Waals surface area contributed by atoms with Gasteiger partial charge in [-0.2, -0.15) is 0 Å². The third-order valence-electron chi connectivity index (χ3n) is 3.17. The first-order valence-corrected chi connectivity index (χ1v) is 7.32. The maximum absolute atomic E-state index is 12.2. The number of carbonyl (C=O) groups is 1. The van der Waals surface area contributed by atoms with Gasteiger partial charge in [0.25, 0.3) is 5.91 Å². The highest BCUT2D eigenvalue weighted by Gasteiger charge is 2.22. The van der Waals surface area contributed by atoms with Crippen LogP contribution in [0, 0.1) is 5.41 Å². The van der Waals surface area contributed by atoms with Gasteiger partial charge >= 0.3 is 0 Å². The van der Waals surface area contributed by atoms with Crippen LogP contribution < -0.4 is 5.32 Å². The van der Waals surface area contributed by atoms with Crippen molar-refractivity contribution in [3.8, 4) is 11.5 Å². The van der Waals surface area contributed by atoms with Crippen molar-refractivity contribution in [2.75, 3.05) is 6.61 Å². The van der Waals surface area contributed by atoms with Crippen LogP contribution in [0.3, 0.4) is 0 Å². The molecular formula is C17H22N2O3. The maximum Gasteiger partial charge on any atom is 0.273 e. The minimum atomic E-state index is -0.339. The largest absolute Gasteiger partial charge is 0.444 e. The Morgan fingerprint density at radius 3 is 2.59 bits per heavy atom. The van der Waals surface area contributed by atoms with E-state index in [1.807, 2.05) is 30.3 Å². The van der Waals surface area contributed by atoms with Crippen molar-refractivity contribution in [3.63, 3.8) is 0 Å². The Bertz CT molecular complexity index is 614. The number of nitrogens with one attached hydrogen (secondary N) is 1. The van der Waals surface area contributed by atoms with Gasteiger partial charge in [0.15, 0.2) is 5.69 Å². The summed E-state index contributed by atoms with van der Waals surface area (Å²) in [5, 5.41) is 12.2. The van der Waals surface area contributed by atoms with Crippen molar-refractivity contribution < 1.29 is 14.3 Å². The predicted molar refractivity (Wildman–Crippen MR) is 84.4 cm³/mol. The SMILES string of the molecule is CC(C)(C)CC(CO)NC(=O)c1coc(-c2ccccc2)n1. The average Bonchev–Trinajstić information content (AvgIpc) is 2.96. The molecular weight excluding hydrogens is 280 g/mol. The lowest BCUT2D eigenvalue weighted by Crippen LogP contribution is -2.40. The zero-order chi connectivity index (χ0) is 16.2. The fraction of sp³-hybridized carbons (Fsp3) is 0.412. The number of oxazole rings is 1. The smallest absolute Gasteiger partial charge is 0.273 e. The fourth-order valence-corrected chi connectivity index (χ4v) is 2.25. The van der Waals surface area contributed by atoms with Crippen molar-refractivity contribution in [3.05, 3.63) is 42.3 Å². The summed E-state index contributed by atoms with van der Waals surface area (Å²) in [6.07, 6.45) is 2.02. The van der Waals surface area contributed by atoms with E-state index in [0.717, 1.165) is 5.56 Å². The molecule has 22 heavy (non-hydrogen) atoms. The summed E-state index contributed by atoms with van der Waals surface area (Å²) < 4.78 is 5.35. The van der Waals surface area contributed by atoms with Crippen molar-refractivity contribution >= 4 is 5.91 Å². The Balaban J connectivity index is 2.06. The van der Waals surface area contributed by atoms with E-state index in [-0.39, 0.29) is 29.7 Å². The van der Waals surface area contributed by atoms with Crippen LogP contribution >= 0.6 is 0 Å². The number of benzene rings is 1. The van der Waals surface area contributed by atoms with Crippen LogP contribution in [0.25, 0.3) is 11.5 Å². The molecule has 0 saturated heterocycles. The lowest BCUT2D eigenvalue weighted by Gasteiger charge is -2.25. The van der Waals surface area contributed by atoms with E-state index >= 15 is 0 Å². The highest BCUT2D eigenvalue weighted by atomic mass is 16.3. The molecule has 2 aromatic rings. The van der Waals surface area contributed by atoms with E-state index in [4.69, 9.17) is 4.42 Å². The zero-order valence-electron chi connectivity index (χ0n) is 13.2. The summed E-state index contributed by atoms with van der Waals surface area (Å²) in [5.41, 5.74) is 1.04. The Morgan fingerprint density at radius 2 is 2.00 bits per heavy atom. The highest BCUT2D eigenvalue weighted by Crippen LogP contribution is 2.21. The quantitative estimate of drug-likeness (QED) is 0.890. The first kappa shape index (κ1) is 16.2. The lowest BCUT2D eigenvalue weighted by atomic mass is 9.88. The van der Waals surface area contributed by atoms with E-state index in [2.05, 4.69) is 31.1 Å². The third-order valence-corrected chi connectivity index (χ3v) is 3.17. The molecule has 0 aliphatic heterocycles. The van der Waals surface area contributed by atoms with Crippen LogP contribution in [-0.4, -0.2) is 28.6 Å². The van der Waals surface area contributed by atoms with Gasteiger partial charge in [-0.25, -0.2) is 4.98 Å². The topological polar surface area (TPSA) is 75.4 Å². The highest BCUT2D eigenvalue weighted by molar-refractivity contribution is 5.92. The Morgan fingerprint density at radius 1 is 1.32 bits per heavy atom. The van der Waals surface area contributed by atoms with Gasteiger partial charge in [-0.05, 0) is 24.0 Å². The van der Waals surface area contributed by atoms with Gasteiger partial charge in [0.05, 0.1) is 12.6 Å². The van der Waals surface area contributed by atoms with Crippen molar-refractivity contribution in [1.29, 1.82) is 0 Å². The molecule has 1 aromatic carbocycles. The summed E-state index contributed by atoms with van der Waals surface area (Å²) in [4.78, 5) is 16.4. The summed E-state index contributed by atoms with van der Waals surface area (Å²) in [7, 11) is 0. The molecule has 2 N–H and O–H groups in total. The Hall–Kier alpha value is -2.14. The number of rotatable bonds is 5. The summed E-state index contributed by atoms with van der Waals surface area (Å²) in [6, 6.07) is 9.09. The fourth-order valence-electron chi connectivity index (χ4n) is 2.25. The molecule has 0 radical (unpaired) electrons. The minimum absolute atomic E-state index is 0.0136. The number of aliphatic hydroxyl groups is 1. The number of aromatic nitrogens is 1. The molecule has 1 atom stereocenters. The molecule has 0 spiro atoms. The second-order valence-electron chi connectivity index (χ2n) is 6.52. The first-order chi connectivity index (χ1) is 10.4. The molecule has 0 fully saturated rings. The van der Waals surface area contributed by atoms with Crippen LogP contribution in [0.2, 0.25) is 0 Å². The monoisotopic (exact) mass is 302 g/mol. The van der Waals surface area contributed by atoms with Crippen LogP contribution in [0.1, 0.15) is 37.7 Å². The second kappa shape index (κ2) is 6.75. The molecule has 1 heterocycles. The molecule has 2 rings (SSSR count). The van der Waals surface area contributed by atoms with Gasteiger partial charge in [0, 0.05) is 5.56 Å². The number of aliphatic hydroxyl groups excluding tert-OH is 1. The summed E-state index contributed by atoms with van der Waals surface area (Å²) >= 11 is 0. The van der Waals surface area contributed by atoms with E-state index in [1.165, 1.54) is 6.26 Å². The standard InChI is InChI=1S/C17H22N2O3/c1-17(2,3)9-13(10-20)18-15(21)14-11-22-16(19-14)12-7-5-4-6-8-12/h4-8,11,13,20H,9-10H2,1-3H3,(H,18,21). The predicted octanol–water partition coefficient (Wildman–Crippen LogP) is 2.87. The van der Waals surface area contributed by atoms with Gasteiger partial charge < -0.3 is 14.8 Å². The lowest BCUT2D eigenvalue weighted by molar-refractivity contribution is 0.0892. The van der Waals surface area contributed by atoms with Gasteiger partial charge in [0.1, 0.15) is 6.26 Å². The molecule has 0 aliphatic rings.